The van der Waals surface area contributed by atoms with Gasteiger partial charge in [0.05, 0.1) is 0 Å². The fraction of sp³-hybridized carbons (Fsp3) is 0.538. The van der Waals surface area contributed by atoms with E-state index in [-0.39, 0.29) is 5.91 Å². The molecule has 1 aliphatic rings. The lowest BCUT2D eigenvalue weighted by atomic mass is 10.2. The van der Waals surface area contributed by atoms with Crippen LogP contribution in [0.2, 0.25) is 0 Å². The Morgan fingerprint density at radius 1 is 1.59 bits per heavy atom. The monoisotopic (exact) mass is 233 g/mol. The number of carbonyl (C=O) groups is 1. The van der Waals surface area contributed by atoms with Gasteiger partial charge in [-0.15, -0.1) is 0 Å². The highest BCUT2D eigenvalue weighted by Gasteiger charge is 2.31. The molecular formula is C13H19N3O. The maximum atomic E-state index is 11.7. The van der Waals surface area contributed by atoms with Gasteiger partial charge in [-0.1, -0.05) is 6.92 Å². The van der Waals surface area contributed by atoms with E-state index in [9.17, 15) is 4.79 Å². The van der Waals surface area contributed by atoms with Crippen LogP contribution in [0.3, 0.4) is 0 Å². The molecule has 1 aliphatic carbocycles. The summed E-state index contributed by atoms with van der Waals surface area (Å²) in [5.41, 5.74) is 1.47. The highest BCUT2D eigenvalue weighted by atomic mass is 16.2. The lowest BCUT2D eigenvalue weighted by molar-refractivity contribution is 0.0822. The van der Waals surface area contributed by atoms with Crippen LogP contribution in [0.5, 0.6) is 0 Å². The average Bonchev–Trinajstić information content (AvgIpc) is 3.02. The van der Waals surface area contributed by atoms with Crippen molar-refractivity contribution in [2.75, 3.05) is 26.0 Å². The summed E-state index contributed by atoms with van der Waals surface area (Å²) in [6.45, 7) is 3.25. The van der Waals surface area contributed by atoms with Crippen LogP contribution in [0.15, 0.2) is 18.3 Å². The number of nitrogens with one attached hydrogen (secondary N) is 1. The summed E-state index contributed by atoms with van der Waals surface area (Å²) in [6.07, 6.45) is 2.98. The van der Waals surface area contributed by atoms with Crippen LogP contribution in [0.25, 0.3) is 0 Å². The normalized spacial score (nSPS) is 22.1. The van der Waals surface area contributed by atoms with E-state index >= 15 is 0 Å². The molecule has 1 fully saturated rings. The Morgan fingerprint density at radius 3 is 2.88 bits per heavy atom. The summed E-state index contributed by atoms with van der Waals surface area (Å²) < 4.78 is 0. The van der Waals surface area contributed by atoms with Crippen molar-refractivity contribution < 1.29 is 4.79 Å². The average molecular weight is 233 g/mol. The van der Waals surface area contributed by atoms with Crippen molar-refractivity contribution in [1.82, 2.24) is 9.88 Å². The van der Waals surface area contributed by atoms with Gasteiger partial charge in [-0.05, 0) is 30.4 Å². The molecule has 1 heterocycles. The van der Waals surface area contributed by atoms with Gasteiger partial charge in [0.15, 0.2) is 0 Å². The van der Waals surface area contributed by atoms with Crippen LogP contribution in [-0.4, -0.2) is 36.4 Å². The quantitative estimate of drug-likeness (QED) is 0.863. The molecule has 1 amide bonds. The Morgan fingerprint density at radius 2 is 2.29 bits per heavy atom. The zero-order valence-corrected chi connectivity index (χ0v) is 10.6. The van der Waals surface area contributed by atoms with Gasteiger partial charge in [0.25, 0.3) is 5.91 Å². The molecule has 0 aliphatic heterocycles. The maximum absolute atomic E-state index is 11.7. The minimum Gasteiger partial charge on any atom is -0.385 e. The first-order valence-electron chi connectivity index (χ1n) is 5.99. The van der Waals surface area contributed by atoms with Gasteiger partial charge < -0.3 is 10.2 Å². The van der Waals surface area contributed by atoms with Crippen molar-refractivity contribution >= 4 is 11.6 Å². The number of aromatic nitrogens is 1. The molecule has 1 saturated carbocycles. The van der Waals surface area contributed by atoms with E-state index in [1.807, 2.05) is 12.1 Å². The van der Waals surface area contributed by atoms with Gasteiger partial charge in [-0.2, -0.15) is 0 Å². The number of hydrogen-bond donors (Lipinski definition) is 1. The molecule has 4 nitrogen and oxygen atoms in total. The SMILES string of the molecule is CC1CC1CNc1ccnc(C(=O)N(C)C)c1. The molecule has 17 heavy (non-hydrogen) atoms. The van der Waals surface area contributed by atoms with Crippen LogP contribution in [0, 0.1) is 11.8 Å². The lowest BCUT2D eigenvalue weighted by Gasteiger charge is -2.11. The second-order valence-corrected chi connectivity index (χ2v) is 4.98. The standard InChI is InChI=1S/C13H19N3O/c1-9-6-10(9)8-15-11-4-5-14-12(7-11)13(17)16(2)3/h4-5,7,9-10H,6,8H2,1-3H3,(H,14,15). The van der Waals surface area contributed by atoms with Crippen molar-refractivity contribution in [3.8, 4) is 0 Å². The minimum absolute atomic E-state index is 0.0616. The zero-order chi connectivity index (χ0) is 12.4. The van der Waals surface area contributed by atoms with Gasteiger partial charge in [-0.3, -0.25) is 9.78 Å². The Labute approximate surface area is 102 Å². The van der Waals surface area contributed by atoms with Crippen LogP contribution < -0.4 is 5.32 Å². The zero-order valence-electron chi connectivity index (χ0n) is 10.6. The molecular weight excluding hydrogens is 214 g/mol. The fourth-order valence-corrected chi connectivity index (χ4v) is 1.82. The second-order valence-electron chi connectivity index (χ2n) is 4.98. The van der Waals surface area contributed by atoms with Crippen LogP contribution >= 0.6 is 0 Å². The molecule has 2 atom stereocenters. The molecule has 4 heteroatoms. The van der Waals surface area contributed by atoms with E-state index in [1.165, 1.54) is 11.3 Å². The van der Waals surface area contributed by atoms with E-state index in [2.05, 4.69) is 17.2 Å². The summed E-state index contributed by atoms with van der Waals surface area (Å²) in [4.78, 5) is 17.4. The van der Waals surface area contributed by atoms with Gasteiger partial charge in [0.1, 0.15) is 5.69 Å². The summed E-state index contributed by atoms with van der Waals surface area (Å²) in [5, 5.41) is 3.36. The molecule has 1 aromatic rings. The topological polar surface area (TPSA) is 45.2 Å². The van der Waals surface area contributed by atoms with Gasteiger partial charge in [0, 0.05) is 32.5 Å². The fourth-order valence-electron chi connectivity index (χ4n) is 1.82. The third kappa shape index (κ3) is 2.96. The molecule has 0 aromatic carbocycles. The van der Waals surface area contributed by atoms with Crippen molar-refractivity contribution in [3.63, 3.8) is 0 Å². The van der Waals surface area contributed by atoms with Crippen molar-refractivity contribution in [1.29, 1.82) is 0 Å². The van der Waals surface area contributed by atoms with E-state index < -0.39 is 0 Å². The molecule has 0 spiro atoms. The van der Waals surface area contributed by atoms with Crippen LogP contribution in [0.1, 0.15) is 23.8 Å². The van der Waals surface area contributed by atoms with E-state index in [0.717, 1.165) is 24.1 Å². The first kappa shape index (κ1) is 11.9. The lowest BCUT2D eigenvalue weighted by Crippen LogP contribution is -2.22. The summed E-state index contributed by atoms with van der Waals surface area (Å²) in [7, 11) is 3.46. The van der Waals surface area contributed by atoms with E-state index in [1.54, 1.807) is 20.3 Å². The van der Waals surface area contributed by atoms with Crippen molar-refractivity contribution in [2.45, 2.75) is 13.3 Å². The summed E-state index contributed by atoms with van der Waals surface area (Å²) >= 11 is 0. The molecule has 0 bridgehead atoms. The largest absolute Gasteiger partial charge is 0.385 e. The Bertz CT molecular complexity index is 417. The predicted octanol–water partition coefficient (Wildman–Crippen LogP) is 1.85. The number of nitrogens with zero attached hydrogens (tertiary/aromatic N) is 2. The third-order valence-electron chi connectivity index (χ3n) is 3.23. The minimum atomic E-state index is -0.0616. The van der Waals surface area contributed by atoms with E-state index in [0.29, 0.717) is 5.69 Å². The molecule has 1 aromatic heterocycles. The molecule has 0 radical (unpaired) electrons. The predicted molar refractivity (Wildman–Crippen MR) is 68.0 cm³/mol. The molecule has 2 unspecified atom stereocenters. The summed E-state index contributed by atoms with van der Waals surface area (Å²) in [5.74, 6) is 1.57. The first-order valence-corrected chi connectivity index (χ1v) is 5.99. The number of rotatable bonds is 4. The number of anilines is 1. The van der Waals surface area contributed by atoms with Gasteiger partial charge in [0.2, 0.25) is 0 Å². The van der Waals surface area contributed by atoms with E-state index in [4.69, 9.17) is 0 Å². The number of hydrogen-bond acceptors (Lipinski definition) is 3. The Kier molecular flexibility index (Phi) is 3.31. The Hall–Kier alpha value is -1.58. The van der Waals surface area contributed by atoms with Crippen LogP contribution in [0.4, 0.5) is 5.69 Å². The van der Waals surface area contributed by atoms with Gasteiger partial charge in [-0.25, -0.2) is 0 Å². The first-order chi connectivity index (χ1) is 8.08. The molecule has 2 rings (SSSR count). The van der Waals surface area contributed by atoms with Crippen molar-refractivity contribution in [3.05, 3.63) is 24.0 Å². The summed E-state index contributed by atoms with van der Waals surface area (Å²) in [6, 6.07) is 3.72. The van der Waals surface area contributed by atoms with Gasteiger partial charge >= 0.3 is 0 Å². The third-order valence-corrected chi connectivity index (χ3v) is 3.23. The maximum Gasteiger partial charge on any atom is 0.272 e. The van der Waals surface area contributed by atoms with Crippen molar-refractivity contribution in [2.24, 2.45) is 11.8 Å². The number of amides is 1. The Balaban J connectivity index is 1.98. The smallest absolute Gasteiger partial charge is 0.272 e. The molecule has 1 N–H and O–H groups in total. The number of pyridine rings is 1. The highest BCUT2D eigenvalue weighted by Crippen LogP contribution is 2.37. The number of carbonyl (C=O) groups excluding carboxylic acids is 1. The second kappa shape index (κ2) is 4.73. The highest BCUT2D eigenvalue weighted by molar-refractivity contribution is 5.92. The molecule has 0 saturated heterocycles. The molecule has 92 valence electrons. The van der Waals surface area contributed by atoms with Crippen LogP contribution in [-0.2, 0) is 0 Å².